The number of morpholine rings is 1. The molecule has 146 valence electrons. The van der Waals surface area contributed by atoms with Crippen LogP contribution >= 0.6 is 0 Å². The molecule has 1 saturated heterocycles. The zero-order chi connectivity index (χ0) is 18.6. The van der Waals surface area contributed by atoms with Crippen molar-refractivity contribution in [1.82, 2.24) is 15.1 Å². The average molecular weight is 364 g/mol. The molecular formula is C19H33N5O2. The van der Waals surface area contributed by atoms with E-state index in [1.165, 1.54) is 0 Å². The van der Waals surface area contributed by atoms with Crippen molar-refractivity contribution < 1.29 is 9.47 Å². The zero-order valence-electron chi connectivity index (χ0n) is 16.1. The maximum Gasteiger partial charge on any atom is 0.188 e. The first-order chi connectivity index (χ1) is 12.6. The van der Waals surface area contributed by atoms with Crippen LogP contribution in [-0.2, 0) is 11.3 Å². The molecule has 3 N–H and O–H groups in total. The van der Waals surface area contributed by atoms with Crippen molar-refractivity contribution in [2.24, 2.45) is 10.7 Å². The third-order valence-electron chi connectivity index (χ3n) is 4.20. The van der Waals surface area contributed by atoms with Crippen LogP contribution in [0, 0.1) is 0 Å². The summed E-state index contributed by atoms with van der Waals surface area (Å²) in [6.45, 7) is 7.75. The number of nitrogens with two attached hydrogens (primary N) is 1. The molecule has 0 radical (unpaired) electrons. The van der Waals surface area contributed by atoms with Gasteiger partial charge in [0, 0.05) is 26.2 Å². The Morgan fingerprint density at radius 2 is 2.15 bits per heavy atom. The average Bonchev–Trinajstić information content (AvgIpc) is 2.64. The highest BCUT2D eigenvalue weighted by atomic mass is 16.5. The van der Waals surface area contributed by atoms with E-state index in [2.05, 4.69) is 20.1 Å². The number of hydrogen-bond acceptors (Lipinski definition) is 5. The summed E-state index contributed by atoms with van der Waals surface area (Å²) in [6, 6.07) is 8.01. The Hall–Kier alpha value is -1.83. The highest BCUT2D eigenvalue weighted by Crippen LogP contribution is 2.14. The SMILES string of the molecule is CN(C)CCOc1cccc(CN=C(N)NCCCN2CCOCC2)c1. The van der Waals surface area contributed by atoms with Crippen LogP contribution in [0.25, 0.3) is 0 Å². The molecule has 1 aliphatic heterocycles. The summed E-state index contributed by atoms with van der Waals surface area (Å²) < 4.78 is 11.1. The lowest BCUT2D eigenvalue weighted by Crippen LogP contribution is -2.39. The highest BCUT2D eigenvalue weighted by Gasteiger charge is 2.09. The maximum absolute atomic E-state index is 5.96. The van der Waals surface area contributed by atoms with Crippen LogP contribution in [-0.4, -0.2) is 82.4 Å². The van der Waals surface area contributed by atoms with Gasteiger partial charge in [-0.25, -0.2) is 4.99 Å². The van der Waals surface area contributed by atoms with Crippen molar-refractivity contribution in [3.63, 3.8) is 0 Å². The first-order valence-electron chi connectivity index (χ1n) is 9.34. The number of benzene rings is 1. The molecule has 0 amide bonds. The van der Waals surface area contributed by atoms with Gasteiger partial charge in [-0.1, -0.05) is 12.1 Å². The first-order valence-corrected chi connectivity index (χ1v) is 9.34. The summed E-state index contributed by atoms with van der Waals surface area (Å²) in [4.78, 5) is 8.93. The highest BCUT2D eigenvalue weighted by molar-refractivity contribution is 5.77. The summed E-state index contributed by atoms with van der Waals surface area (Å²) >= 11 is 0. The molecule has 1 aromatic rings. The molecule has 0 atom stereocenters. The molecule has 26 heavy (non-hydrogen) atoms. The second kappa shape index (κ2) is 11.7. The number of guanidine groups is 1. The fraction of sp³-hybridized carbons (Fsp3) is 0.632. The van der Waals surface area contributed by atoms with Crippen LogP contribution < -0.4 is 15.8 Å². The predicted octanol–water partition coefficient (Wildman–Crippen LogP) is 0.754. The summed E-state index contributed by atoms with van der Waals surface area (Å²) in [5, 5.41) is 3.19. The van der Waals surface area contributed by atoms with E-state index >= 15 is 0 Å². The van der Waals surface area contributed by atoms with Crippen LogP contribution in [0.4, 0.5) is 0 Å². The van der Waals surface area contributed by atoms with Gasteiger partial charge in [-0.3, -0.25) is 4.90 Å². The number of ether oxygens (including phenoxy) is 2. The molecule has 0 spiro atoms. The van der Waals surface area contributed by atoms with E-state index in [9.17, 15) is 0 Å². The van der Waals surface area contributed by atoms with E-state index in [0.717, 1.165) is 63.7 Å². The molecule has 1 aromatic carbocycles. The van der Waals surface area contributed by atoms with E-state index in [-0.39, 0.29) is 0 Å². The fourth-order valence-electron chi connectivity index (χ4n) is 2.66. The second-order valence-electron chi connectivity index (χ2n) is 6.73. The maximum atomic E-state index is 5.96. The minimum absolute atomic E-state index is 0.492. The van der Waals surface area contributed by atoms with Crippen molar-refractivity contribution in [2.45, 2.75) is 13.0 Å². The first kappa shape index (κ1) is 20.5. The third-order valence-corrected chi connectivity index (χ3v) is 4.20. The van der Waals surface area contributed by atoms with Gasteiger partial charge < -0.3 is 25.4 Å². The number of aliphatic imine (C=N–C) groups is 1. The monoisotopic (exact) mass is 363 g/mol. The molecule has 0 unspecified atom stereocenters. The van der Waals surface area contributed by atoms with Gasteiger partial charge in [0.2, 0.25) is 0 Å². The van der Waals surface area contributed by atoms with E-state index in [1.54, 1.807) is 0 Å². The Kier molecular flexibility index (Phi) is 9.23. The van der Waals surface area contributed by atoms with Crippen LogP contribution in [0.5, 0.6) is 5.75 Å². The fourth-order valence-corrected chi connectivity index (χ4v) is 2.66. The van der Waals surface area contributed by atoms with Gasteiger partial charge in [-0.05, 0) is 44.8 Å². The van der Waals surface area contributed by atoms with Crippen LogP contribution in [0.3, 0.4) is 0 Å². The molecule has 0 aromatic heterocycles. The quantitative estimate of drug-likeness (QED) is 0.363. The summed E-state index contributed by atoms with van der Waals surface area (Å²) in [5.74, 6) is 1.36. The van der Waals surface area contributed by atoms with Gasteiger partial charge in [-0.2, -0.15) is 0 Å². The normalized spacial score (nSPS) is 16.0. The Bertz CT molecular complexity index is 544. The number of hydrogen-bond donors (Lipinski definition) is 2. The summed E-state index contributed by atoms with van der Waals surface area (Å²) in [7, 11) is 4.07. The minimum Gasteiger partial charge on any atom is -0.492 e. The van der Waals surface area contributed by atoms with Gasteiger partial charge in [0.25, 0.3) is 0 Å². The smallest absolute Gasteiger partial charge is 0.188 e. The third kappa shape index (κ3) is 8.51. The molecule has 1 heterocycles. The zero-order valence-corrected chi connectivity index (χ0v) is 16.1. The second-order valence-corrected chi connectivity index (χ2v) is 6.73. The Balaban J connectivity index is 1.65. The minimum atomic E-state index is 0.492. The summed E-state index contributed by atoms with van der Waals surface area (Å²) in [6.07, 6.45) is 1.05. The Labute approximate surface area is 157 Å². The van der Waals surface area contributed by atoms with Gasteiger partial charge in [0.15, 0.2) is 5.96 Å². The van der Waals surface area contributed by atoms with Crippen molar-refractivity contribution in [2.75, 3.05) is 66.6 Å². The van der Waals surface area contributed by atoms with E-state index in [0.29, 0.717) is 19.1 Å². The topological polar surface area (TPSA) is 75.3 Å². The van der Waals surface area contributed by atoms with Gasteiger partial charge in [-0.15, -0.1) is 0 Å². The molecule has 7 heteroatoms. The largest absolute Gasteiger partial charge is 0.492 e. The molecule has 2 rings (SSSR count). The van der Waals surface area contributed by atoms with Gasteiger partial charge >= 0.3 is 0 Å². The summed E-state index contributed by atoms with van der Waals surface area (Å²) in [5.41, 5.74) is 7.05. The lowest BCUT2D eigenvalue weighted by atomic mass is 10.2. The van der Waals surface area contributed by atoms with Crippen LogP contribution in [0.15, 0.2) is 29.3 Å². The molecule has 1 aliphatic rings. The number of rotatable bonds is 10. The van der Waals surface area contributed by atoms with Gasteiger partial charge in [0.1, 0.15) is 12.4 Å². The van der Waals surface area contributed by atoms with E-state index in [1.807, 2.05) is 38.4 Å². The van der Waals surface area contributed by atoms with Gasteiger partial charge in [0.05, 0.1) is 19.8 Å². The van der Waals surface area contributed by atoms with E-state index in [4.69, 9.17) is 15.2 Å². The molecular weight excluding hydrogens is 330 g/mol. The molecule has 0 aliphatic carbocycles. The number of nitrogens with zero attached hydrogens (tertiary/aromatic N) is 3. The molecule has 1 fully saturated rings. The molecule has 0 bridgehead atoms. The lowest BCUT2D eigenvalue weighted by molar-refractivity contribution is 0.0376. The van der Waals surface area contributed by atoms with Crippen molar-refractivity contribution in [1.29, 1.82) is 0 Å². The van der Waals surface area contributed by atoms with Crippen molar-refractivity contribution in [3.05, 3.63) is 29.8 Å². The van der Waals surface area contributed by atoms with E-state index < -0.39 is 0 Å². The van der Waals surface area contributed by atoms with Crippen molar-refractivity contribution >= 4 is 5.96 Å². The molecule has 7 nitrogen and oxygen atoms in total. The Morgan fingerprint density at radius 3 is 2.92 bits per heavy atom. The van der Waals surface area contributed by atoms with Crippen LogP contribution in [0.1, 0.15) is 12.0 Å². The van der Waals surface area contributed by atoms with Crippen molar-refractivity contribution in [3.8, 4) is 5.75 Å². The lowest BCUT2D eigenvalue weighted by Gasteiger charge is -2.26. The molecule has 0 saturated carbocycles. The van der Waals surface area contributed by atoms with Crippen LogP contribution in [0.2, 0.25) is 0 Å². The number of nitrogens with one attached hydrogen (secondary N) is 1. The standard InChI is InChI=1S/C19H33N5O2/c1-23(2)9-14-26-18-6-3-5-17(15-18)16-22-19(20)21-7-4-8-24-10-12-25-13-11-24/h3,5-6,15H,4,7-14,16H2,1-2H3,(H3,20,21,22). The number of likely N-dealkylation sites (N-methyl/N-ethyl adjacent to an activating group) is 1. The Morgan fingerprint density at radius 1 is 1.35 bits per heavy atom. The predicted molar refractivity (Wildman–Crippen MR) is 106 cm³/mol.